The van der Waals surface area contributed by atoms with E-state index >= 15 is 0 Å². The molecular formula is C14H20O7. The maximum atomic E-state index is 12.1. The molecule has 1 saturated heterocycles. The zero-order chi connectivity index (χ0) is 15.2. The lowest BCUT2D eigenvalue weighted by Gasteiger charge is -2.22. The van der Waals surface area contributed by atoms with Crippen molar-refractivity contribution in [2.24, 2.45) is 11.8 Å². The van der Waals surface area contributed by atoms with Gasteiger partial charge in [0.1, 0.15) is 25.0 Å². The molecule has 0 aromatic carbocycles. The molecule has 0 unspecified atom stereocenters. The van der Waals surface area contributed by atoms with E-state index in [1.165, 1.54) is 14.2 Å². The molecule has 0 saturated carbocycles. The summed E-state index contributed by atoms with van der Waals surface area (Å²) in [6.45, 7) is 0.926. The Morgan fingerprint density at radius 2 is 1.29 bits per heavy atom. The Balaban J connectivity index is 1.95. The summed E-state index contributed by atoms with van der Waals surface area (Å²) in [5, 5.41) is 0. The molecule has 118 valence electrons. The molecule has 0 aromatic heterocycles. The molecule has 21 heavy (non-hydrogen) atoms. The van der Waals surface area contributed by atoms with Crippen molar-refractivity contribution in [3.63, 3.8) is 0 Å². The highest BCUT2D eigenvalue weighted by atomic mass is 16.6. The van der Waals surface area contributed by atoms with E-state index in [0.29, 0.717) is 13.2 Å². The number of fused-ring (bicyclic) bond motifs is 2. The third kappa shape index (κ3) is 3.61. The van der Waals surface area contributed by atoms with Gasteiger partial charge in [0.05, 0.1) is 25.4 Å². The van der Waals surface area contributed by atoms with Gasteiger partial charge < -0.3 is 23.7 Å². The maximum Gasteiger partial charge on any atom is 0.313 e. The number of esters is 2. The predicted molar refractivity (Wildman–Crippen MR) is 70.5 cm³/mol. The minimum absolute atomic E-state index is 0.151. The molecule has 7 heteroatoms. The fraction of sp³-hybridized carbons (Fsp3) is 0.714. The van der Waals surface area contributed by atoms with Crippen molar-refractivity contribution < 1.29 is 33.3 Å². The van der Waals surface area contributed by atoms with Crippen LogP contribution in [0, 0.1) is 11.8 Å². The third-order valence-corrected chi connectivity index (χ3v) is 3.51. The SMILES string of the molecule is COCCOC(=O)[C@@H]1[C@H](C(=O)OCCOC)[C@@H]2C=C[C@H]1O2. The van der Waals surface area contributed by atoms with Gasteiger partial charge in [-0.2, -0.15) is 0 Å². The van der Waals surface area contributed by atoms with Crippen molar-refractivity contribution in [3.05, 3.63) is 12.2 Å². The second-order valence-electron chi connectivity index (χ2n) is 4.82. The van der Waals surface area contributed by atoms with E-state index < -0.39 is 36.0 Å². The summed E-state index contributed by atoms with van der Waals surface area (Å²) in [5.74, 6) is -2.24. The smallest absolute Gasteiger partial charge is 0.313 e. The molecule has 7 nitrogen and oxygen atoms in total. The summed E-state index contributed by atoms with van der Waals surface area (Å²) in [7, 11) is 3.04. The van der Waals surface area contributed by atoms with Gasteiger partial charge in [0.2, 0.25) is 0 Å². The van der Waals surface area contributed by atoms with Gasteiger partial charge in [-0.15, -0.1) is 0 Å². The molecule has 0 aromatic rings. The number of ether oxygens (including phenoxy) is 5. The largest absolute Gasteiger partial charge is 0.463 e. The first-order chi connectivity index (χ1) is 10.2. The Kier molecular flexibility index (Phi) is 5.72. The van der Waals surface area contributed by atoms with Gasteiger partial charge in [-0.1, -0.05) is 12.2 Å². The van der Waals surface area contributed by atoms with Crippen molar-refractivity contribution >= 4 is 11.9 Å². The number of rotatable bonds is 8. The van der Waals surface area contributed by atoms with Crippen molar-refractivity contribution in [1.29, 1.82) is 0 Å². The first-order valence-corrected chi connectivity index (χ1v) is 6.84. The van der Waals surface area contributed by atoms with Gasteiger partial charge in [-0.3, -0.25) is 9.59 Å². The average Bonchev–Trinajstić information content (AvgIpc) is 3.08. The molecule has 2 aliphatic heterocycles. The quantitative estimate of drug-likeness (QED) is 0.353. The van der Waals surface area contributed by atoms with Crippen LogP contribution in [-0.2, 0) is 33.3 Å². The fourth-order valence-corrected chi connectivity index (χ4v) is 2.51. The Morgan fingerprint density at radius 3 is 1.67 bits per heavy atom. The van der Waals surface area contributed by atoms with Crippen molar-refractivity contribution in [2.75, 3.05) is 40.6 Å². The fourth-order valence-electron chi connectivity index (χ4n) is 2.51. The second-order valence-corrected chi connectivity index (χ2v) is 4.82. The molecule has 2 aliphatic rings. The van der Waals surface area contributed by atoms with Crippen LogP contribution in [0.3, 0.4) is 0 Å². The molecular weight excluding hydrogens is 280 g/mol. The van der Waals surface area contributed by atoms with Crippen molar-refractivity contribution in [3.8, 4) is 0 Å². The summed E-state index contributed by atoms with van der Waals surface area (Å²) in [5.41, 5.74) is 0. The molecule has 0 spiro atoms. The predicted octanol–water partition coefficient (Wildman–Crippen LogP) is -0.0648. The summed E-state index contributed by atoms with van der Waals surface area (Å²) < 4.78 is 25.5. The minimum atomic E-state index is -0.660. The van der Waals surface area contributed by atoms with E-state index in [2.05, 4.69) is 0 Å². The molecule has 0 aliphatic carbocycles. The van der Waals surface area contributed by atoms with Crippen LogP contribution in [0.4, 0.5) is 0 Å². The Bertz CT molecular complexity index is 370. The van der Waals surface area contributed by atoms with Gasteiger partial charge in [-0.25, -0.2) is 0 Å². The standard InChI is InChI=1S/C14H20O7/c1-17-5-7-19-13(15)11-9-3-4-10(21-9)12(11)14(16)20-8-6-18-2/h3-4,9-12H,5-8H2,1-2H3/t9-,10+,11+,12-. The molecule has 2 rings (SSSR count). The average molecular weight is 300 g/mol. The normalized spacial score (nSPS) is 29.6. The van der Waals surface area contributed by atoms with E-state index in [1.807, 2.05) is 0 Å². The van der Waals surface area contributed by atoms with Crippen LogP contribution >= 0.6 is 0 Å². The number of carbonyl (C=O) groups excluding carboxylic acids is 2. The highest BCUT2D eigenvalue weighted by Crippen LogP contribution is 2.40. The monoisotopic (exact) mass is 300 g/mol. The number of hydrogen-bond acceptors (Lipinski definition) is 7. The van der Waals surface area contributed by atoms with Crippen LogP contribution in [0.15, 0.2) is 12.2 Å². The van der Waals surface area contributed by atoms with Crippen LogP contribution in [0.1, 0.15) is 0 Å². The molecule has 0 amide bonds. The summed E-state index contributed by atoms with van der Waals surface area (Å²) in [4.78, 5) is 24.3. The number of carbonyl (C=O) groups is 2. The first kappa shape index (κ1) is 15.9. The minimum Gasteiger partial charge on any atom is -0.463 e. The Morgan fingerprint density at radius 1 is 0.857 bits per heavy atom. The first-order valence-electron chi connectivity index (χ1n) is 6.84. The van der Waals surface area contributed by atoms with Crippen LogP contribution in [0.5, 0.6) is 0 Å². The summed E-state index contributed by atoms with van der Waals surface area (Å²) in [6, 6.07) is 0. The molecule has 2 heterocycles. The van der Waals surface area contributed by atoms with Gasteiger partial charge >= 0.3 is 11.9 Å². The highest BCUT2D eigenvalue weighted by molar-refractivity contribution is 5.85. The van der Waals surface area contributed by atoms with Gasteiger partial charge in [0.25, 0.3) is 0 Å². The van der Waals surface area contributed by atoms with E-state index in [0.717, 1.165) is 0 Å². The molecule has 0 N–H and O–H groups in total. The lowest BCUT2D eigenvalue weighted by Crippen LogP contribution is -2.39. The number of hydrogen-bond donors (Lipinski definition) is 0. The molecule has 2 bridgehead atoms. The number of methoxy groups -OCH3 is 2. The second kappa shape index (κ2) is 7.53. The van der Waals surface area contributed by atoms with Gasteiger partial charge in [0.15, 0.2) is 0 Å². The summed E-state index contributed by atoms with van der Waals surface area (Å²) in [6.07, 6.45) is 2.72. The van der Waals surface area contributed by atoms with Gasteiger partial charge in [0, 0.05) is 14.2 Å². The lowest BCUT2D eigenvalue weighted by atomic mass is 9.83. The van der Waals surface area contributed by atoms with Crippen LogP contribution in [0.2, 0.25) is 0 Å². The van der Waals surface area contributed by atoms with Gasteiger partial charge in [-0.05, 0) is 0 Å². The van der Waals surface area contributed by atoms with E-state index in [9.17, 15) is 9.59 Å². The van der Waals surface area contributed by atoms with Crippen LogP contribution in [-0.4, -0.2) is 64.8 Å². The van der Waals surface area contributed by atoms with Crippen LogP contribution < -0.4 is 0 Å². The topological polar surface area (TPSA) is 80.3 Å². The van der Waals surface area contributed by atoms with E-state index in [4.69, 9.17) is 23.7 Å². The highest BCUT2D eigenvalue weighted by Gasteiger charge is 2.54. The lowest BCUT2D eigenvalue weighted by molar-refractivity contribution is -0.161. The van der Waals surface area contributed by atoms with E-state index in [1.54, 1.807) is 12.2 Å². The third-order valence-electron chi connectivity index (χ3n) is 3.51. The molecule has 4 atom stereocenters. The van der Waals surface area contributed by atoms with Crippen molar-refractivity contribution in [1.82, 2.24) is 0 Å². The van der Waals surface area contributed by atoms with Crippen LogP contribution in [0.25, 0.3) is 0 Å². The summed E-state index contributed by atoms with van der Waals surface area (Å²) >= 11 is 0. The molecule has 1 fully saturated rings. The zero-order valence-electron chi connectivity index (χ0n) is 12.2. The molecule has 0 radical (unpaired) electrons. The zero-order valence-corrected chi connectivity index (χ0v) is 12.2. The Labute approximate surface area is 123 Å². The van der Waals surface area contributed by atoms with Crippen molar-refractivity contribution in [2.45, 2.75) is 12.2 Å². The maximum absolute atomic E-state index is 12.1. The Hall–Kier alpha value is -1.44. The van der Waals surface area contributed by atoms with E-state index in [-0.39, 0.29) is 13.2 Å².